The quantitative estimate of drug-likeness (QED) is 0.937. The van der Waals surface area contributed by atoms with Crippen LogP contribution in [0.1, 0.15) is 29.8 Å². The summed E-state index contributed by atoms with van der Waals surface area (Å²) in [4.78, 5) is 6.85. The van der Waals surface area contributed by atoms with Crippen molar-refractivity contribution in [1.29, 1.82) is 0 Å². The fourth-order valence-electron chi connectivity index (χ4n) is 2.79. The molecule has 4 nitrogen and oxygen atoms in total. The second-order valence-electron chi connectivity index (χ2n) is 5.52. The molecule has 1 atom stereocenters. The SMILES string of the molecule is COc1cccc(CN2CCc3cc(C(C)N)ccc32)n1. The van der Waals surface area contributed by atoms with Crippen molar-refractivity contribution >= 4 is 5.69 Å². The monoisotopic (exact) mass is 283 g/mol. The third-order valence-electron chi connectivity index (χ3n) is 3.96. The minimum absolute atomic E-state index is 0.0874. The lowest BCUT2D eigenvalue weighted by Crippen LogP contribution is -2.20. The Kier molecular flexibility index (Phi) is 3.80. The highest BCUT2D eigenvalue weighted by molar-refractivity contribution is 5.59. The van der Waals surface area contributed by atoms with Crippen LogP contribution < -0.4 is 15.4 Å². The number of hydrogen-bond donors (Lipinski definition) is 1. The van der Waals surface area contributed by atoms with Gasteiger partial charge in [-0.05, 0) is 36.6 Å². The number of hydrogen-bond acceptors (Lipinski definition) is 4. The molecule has 0 radical (unpaired) electrons. The molecule has 0 spiro atoms. The zero-order valence-corrected chi connectivity index (χ0v) is 12.5. The summed E-state index contributed by atoms with van der Waals surface area (Å²) >= 11 is 0. The molecule has 1 aromatic carbocycles. The molecule has 0 aliphatic carbocycles. The summed E-state index contributed by atoms with van der Waals surface area (Å²) < 4.78 is 5.19. The molecule has 0 saturated heterocycles. The number of anilines is 1. The Labute approximate surface area is 125 Å². The summed E-state index contributed by atoms with van der Waals surface area (Å²) in [6.07, 6.45) is 1.07. The van der Waals surface area contributed by atoms with Crippen molar-refractivity contribution in [1.82, 2.24) is 4.98 Å². The van der Waals surface area contributed by atoms with Crippen LogP contribution >= 0.6 is 0 Å². The van der Waals surface area contributed by atoms with E-state index in [1.54, 1.807) is 7.11 Å². The Morgan fingerprint density at radius 3 is 2.95 bits per heavy atom. The van der Waals surface area contributed by atoms with Gasteiger partial charge >= 0.3 is 0 Å². The fraction of sp³-hybridized carbons (Fsp3) is 0.353. The van der Waals surface area contributed by atoms with Gasteiger partial charge in [0.2, 0.25) is 5.88 Å². The highest BCUT2D eigenvalue weighted by Gasteiger charge is 2.20. The smallest absolute Gasteiger partial charge is 0.213 e. The number of benzene rings is 1. The lowest BCUT2D eigenvalue weighted by atomic mass is 10.0. The Bertz CT molecular complexity index is 640. The fourth-order valence-corrected chi connectivity index (χ4v) is 2.79. The molecule has 110 valence electrons. The van der Waals surface area contributed by atoms with Crippen LogP contribution in [0.25, 0.3) is 0 Å². The van der Waals surface area contributed by atoms with E-state index >= 15 is 0 Å². The summed E-state index contributed by atoms with van der Waals surface area (Å²) in [5.74, 6) is 0.666. The van der Waals surface area contributed by atoms with Crippen LogP contribution in [0.4, 0.5) is 5.69 Å². The van der Waals surface area contributed by atoms with E-state index in [4.69, 9.17) is 10.5 Å². The lowest BCUT2D eigenvalue weighted by molar-refractivity contribution is 0.396. The Balaban J connectivity index is 1.81. The average molecular weight is 283 g/mol. The zero-order chi connectivity index (χ0) is 14.8. The third kappa shape index (κ3) is 2.85. The number of rotatable bonds is 4. The highest BCUT2D eigenvalue weighted by Crippen LogP contribution is 2.31. The normalized spacial score (nSPS) is 14.9. The number of nitrogens with two attached hydrogens (primary N) is 1. The van der Waals surface area contributed by atoms with Crippen LogP contribution in [0.3, 0.4) is 0 Å². The molecule has 1 unspecified atom stereocenters. The van der Waals surface area contributed by atoms with E-state index in [1.165, 1.54) is 16.8 Å². The van der Waals surface area contributed by atoms with Crippen molar-refractivity contribution in [3.63, 3.8) is 0 Å². The van der Waals surface area contributed by atoms with Crippen LogP contribution in [0, 0.1) is 0 Å². The van der Waals surface area contributed by atoms with E-state index in [2.05, 4.69) is 28.1 Å². The molecule has 0 bridgehead atoms. The van der Waals surface area contributed by atoms with E-state index < -0.39 is 0 Å². The molecule has 1 aliphatic rings. The van der Waals surface area contributed by atoms with E-state index in [0.29, 0.717) is 5.88 Å². The maximum atomic E-state index is 5.96. The van der Waals surface area contributed by atoms with Crippen LogP contribution in [0.15, 0.2) is 36.4 Å². The Morgan fingerprint density at radius 2 is 2.19 bits per heavy atom. The van der Waals surface area contributed by atoms with Gasteiger partial charge in [0.25, 0.3) is 0 Å². The van der Waals surface area contributed by atoms with E-state index in [9.17, 15) is 0 Å². The van der Waals surface area contributed by atoms with Crippen LogP contribution in [-0.4, -0.2) is 18.6 Å². The van der Waals surface area contributed by atoms with Gasteiger partial charge in [0.1, 0.15) is 0 Å². The zero-order valence-electron chi connectivity index (χ0n) is 12.5. The van der Waals surface area contributed by atoms with Gasteiger partial charge in [-0.15, -0.1) is 0 Å². The minimum Gasteiger partial charge on any atom is -0.481 e. The molecular weight excluding hydrogens is 262 g/mol. The average Bonchev–Trinajstić information content (AvgIpc) is 2.90. The maximum Gasteiger partial charge on any atom is 0.213 e. The molecule has 1 aliphatic heterocycles. The van der Waals surface area contributed by atoms with Gasteiger partial charge in [0, 0.05) is 24.3 Å². The number of nitrogens with zero attached hydrogens (tertiary/aromatic N) is 2. The first-order chi connectivity index (χ1) is 10.2. The van der Waals surface area contributed by atoms with Crippen LogP contribution in [0.2, 0.25) is 0 Å². The lowest BCUT2D eigenvalue weighted by Gasteiger charge is -2.19. The van der Waals surface area contributed by atoms with E-state index in [-0.39, 0.29) is 6.04 Å². The summed E-state index contributed by atoms with van der Waals surface area (Å²) in [5.41, 5.74) is 10.9. The minimum atomic E-state index is 0.0874. The van der Waals surface area contributed by atoms with E-state index in [0.717, 1.165) is 25.2 Å². The molecule has 2 N–H and O–H groups in total. The Hall–Kier alpha value is -2.07. The van der Waals surface area contributed by atoms with Gasteiger partial charge in [-0.1, -0.05) is 18.2 Å². The number of pyridine rings is 1. The first-order valence-corrected chi connectivity index (χ1v) is 7.30. The molecule has 4 heteroatoms. The summed E-state index contributed by atoms with van der Waals surface area (Å²) in [6, 6.07) is 12.5. The molecule has 2 aromatic rings. The summed E-state index contributed by atoms with van der Waals surface area (Å²) in [5, 5.41) is 0. The predicted molar refractivity (Wildman–Crippen MR) is 84.6 cm³/mol. The van der Waals surface area contributed by atoms with E-state index in [1.807, 2.05) is 25.1 Å². The highest BCUT2D eigenvalue weighted by atomic mass is 16.5. The number of aromatic nitrogens is 1. The van der Waals surface area contributed by atoms with Gasteiger partial charge < -0.3 is 15.4 Å². The van der Waals surface area contributed by atoms with Crippen molar-refractivity contribution in [3.05, 3.63) is 53.2 Å². The van der Waals surface area contributed by atoms with Gasteiger partial charge in [0.15, 0.2) is 0 Å². The van der Waals surface area contributed by atoms with Gasteiger partial charge in [0.05, 0.1) is 19.3 Å². The number of fused-ring (bicyclic) bond motifs is 1. The Morgan fingerprint density at radius 1 is 1.33 bits per heavy atom. The first kappa shape index (κ1) is 13.9. The number of ether oxygens (including phenoxy) is 1. The van der Waals surface area contributed by atoms with Crippen molar-refractivity contribution < 1.29 is 4.74 Å². The standard InChI is InChI=1S/C17H21N3O/c1-12(18)13-6-7-16-14(10-13)8-9-20(16)11-15-4-3-5-17(19-15)21-2/h3-7,10,12H,8-9,11,18H2,1-2H3. The predicted octanol–water partition coefficient (Wildman–Crippen LogP) is 2.67. The second kappa shape index (κ2) is 5.74. The molecule has 21 heavy (non-hydrogen) atoms. The van der Waals surface area contributed by atoms with Gasteiger partial charge in [-0.3, -0.25) is 0 Å². The molecule has 0 amide bonds. The van der Waals surface area contributed by atoms with Crippen molar-refractivity contribution in [2.24, 2.45) is 5.73 Å². The van der Waals surface area contributed by atoms with Crippen molar-refractivity contribution in [3.8, 4) is 5.88 Å². The van der Waals surface area contributed by atoms with Gasteiger partial charge in [-0.25, -0.2) is 4.98 Å². The van der Waals surface area contributed by atoms with Gasteiger partial charge in [-0.2, -0.15) is 0 Å². The third-order valence-corrected chi connectivity index (χ3v) is 3.96. The second-order valence-corrected chi connectivity index (χ2v) is 5.52. The largest absolute Gasteiger partial charge is 0.481 e. The topological polar surface area (TPSA) is 51.4 Å². The van der Waals surface area contributed by atoms with Crippen molar-refractivity contribution in [2.45, 2.75) is 25.9 Å². The summed E-state index contributed by atoms with van der Waals surface area (Å²) in [6.45, 7) is 3.85. The molecule has 0 saturated carbocycles. The molecule has 1 aromatic heterocycles. The molecular formula is C17H21N3O. The number of methoxy groups -OCH3 is 1. The summed E-state index contributed by atoms with van der Waals surface area (Å²) in [7, 11) is 1.65. The van der Waals surface area contributed by atoms with Crippen LogP contribution in [-0.2, 0) is 13.0 Å². The molecule has 0 fully saturated rings. The first-order valence-electron chi connectivity index (χ1n) is 7.30. The van der Waals surface area contributed by atoms with Crippen LogP contribution in [0.5, 0.6) is 5.88 Å². The molecule has 2 heterocycles. The maximum absolute atomic E-state index is 5.96. The van der Waals surface area contributed by atoms with Crippen molar-refractivity contribution in [2.75, 3.05) is 18.6 Å². The molecule has 3 rings (SSSR count).